The average Bonchev–Trinajstić information content (AvgIpc) is 3.03. The second kappa shape index (κ2) is 30.1. The second-order valence-electron chi connectivity index (χ2n) is 11.5. The summed E-state index contributed by atoms with van der Waals surface area (Å²) < 4.78 is 32.3. The molecule has 0 fully saturated rings. The van der Waals surface area contributed by atoms with Crippen molar-refractivity contribution in [1.29, 1.82) is 0 Å². The fourth-order valence-corrected chi connectivity index (χ4v) is 6.04. The van der Waals surface area contributed by atoms with Crippen LogP contribution in [0.2, 0.25) is 0 Å². The second-order valence-corrected chi connectivity index (χ2v) is 13.2. The zero-order chi connectivity index (χ0) is 30.5. The van der Waals surface area contributed by atoms with Crippen molar-refractivity contribution in [3.05, 3.63) is 49.1 Å². The van der Waals surface area contributed by atoms with Gasteiger partial charge < -0.3 is 26.6 Å². The van der Waals surface area contributed by atoms with Crippen LogP contribution in [0.1, 0.15) is 116 Å². The van der Waals surface area contributed by atoms with Gasteiger partial charge in [0, 0.05) is 53.4 Å². The van der Waals surface area contributed by atoms with Gasteiger partial charge in [0.25, 0.3) is 0 Å². The maximum absolute atomic E-state index is 12.6. The highest BCUT2D eigenvalue weighted by Crippen LogP contribution is 2.14. The monoisotopic (exact) mass is 653 g/mol. The third-order valence-corrected chi connectivity index (χ3v) is 8.97. The van der Waals surface area contributed by atoms with Gasteiger partial charge in [-0.1, -0.05) is 109 Å². The van der Waals surface area contributed by atoms with Gasteiger partial charge in [-0.05, 0) is 18.9 Å². The normalized spacial score (nSPS) is 12.5. The minimum atomic E-state index is -0.975. The molecule has 0 N–H and O–H groups in total. The maximum Gasteiger partial charge on any atom is 0.316 e. The highest BCUT2D eigenvalue weighted by Gasteiger charge is 2.15. The fraction of sp³-hybridized carbons (Fsp3) is 0.743. The van der Waals surface area contributed by atoms with E-state index in [1.807, 2.05) is 30.6 Å². The molecule has 2 aromatic rings. The number of rotatable bonds is 30. The molecule has 0 radical (unpaired) electrons. The number of ether oxygens (including phenoxy) is 3. The third kappa shape index (κ3) is 23.7. The molecule has 2 rings (SSSR count). The van der Waals surface area contributed by atoms with E-state index in [9.17, 15) is 4.21 Å². The molecule has 44 heavy (non-hydrogen) atoms. The van der Waals surface area contributed by atoms with Crippen molar-refractivity contribution in [2.45, 2.75) is 129 Å². The van der Waals surface area contributed by atoms with Crippen LogP contribution in [0.5, 0.6) is 6.01 Å². The molecule has 2 atom stereocenters. The third-order valence-electron chi connectivity index (χ3n) is 7.65. The summed E-state index contributed by atoms with van der Waals surface area (Å²) in [6, 6.07) is 8.10. The molecule has 252 valence electrons. The Balaban J connectivity index is 0.00000968. The first-order chi connectivity index (χ1) is 21.3. The lowest BCUT2D eigenvalue weighted by atomic mass is 10.0. The molecule has 0 saturated heterocycles. The van der Waals surface area contributed by atoms with E-state index in [1.165, 1.54) is 96.3 Å². The summed E-state index contributed by atoms with van der Waals surface area (Å²) in [6.07, 6.45) is 29.5. The van der Waals surface area contributed by atoms with Gasteiger partial charge in [-0.15, -0.1) is 0 Å². The van der Waals surface area contributed by atoms with E-state index in [0.29, 0.717) is 43.8 Å². The lowest BCUT2D eigenvalue weighted by molar-refractivity contribution is -0.698. The van der Waals surface area contributed by atoms with Gasteiger partial charge in [0.15, 0.2) is 18.9 Å². The molecule has 0 aliphatic carbocycles. The summed E-state index contributed by atoms with van der Waals surface area (Å²) in [5.74, 6) is 1.06. The van der Waals surface area contributed by atoms with Gasteiger partial charge in [-0.2, -0.15) is 0 Å². The molecule has 0 saturated carbocycles. The number of unbranched alkanes of at least 4 members (excludes halogenated alkanes) is 15. The van der Waals surface area contributed by atoms with Crippen LogP contribution in [0.25, 0.3) is 0 Å². The Bertz CT molecular complexity index is 898. The van der Waals surface area contributed by atoms with Gasteiger partial charge in [-0.25, -0.2) is 14.5 Å². The Morgan fingerprint density at radius 3 is 1.84 bits per heavy atom. The van der Waals surface area contributed by atoms with Crippen LogP contribution in [-0.4, -0.2) is 58.2 Å². The molecular weight excluding hydrogens is 594 g/mol. The predicted octanol–water partition coefficient (Wildman–Crippen LogP) is 4.65. The van der Waals surface area contributed by atoms with Crippen molar-refractivity contribution in [2.75, 3.05) is 37.9 Å². The summed E-state index contributed by atoms with van der Waals surface area (Å²) in [5.41, 5.74) is 0. The SMILES string of the molecule is CCCCCCCCCCCCCCCCCCOCC(CCS(=O)CCOCC[n+]1ccccc1)Oc1ncccn1.[Cl-]. The van der Waals surface area contributed by atoms with Crippen LogP contribution in [0, 0.1) is 0 Å². The van der Waals surface area contributed by atoms with Crippen molar-refractivity contribution in [1.82, 2.24) is 9.97 Å². The fourth-order valence-electron chi connectivity index (χ4n) is 5.01. The molecule has 0 spiro atoms. The maximum atomic E-state index is 12.6. The molecule has 7 nitrogen and oxygen atoms in total. The molecular formula is C35H60ClN3O4S. The van der Waals surface area contributed by atoms with Crippen molar-refractivity contribution < 1.29 is 35.4 Å². The van der Waals surface area contributed by atoms with E-state index in [4.69, 9.17) is 14.2 Å². The van der Waals surface area contributed by atoms with Gasteiger partial charge in [0.2, 0.25) is 0 Å². The molecule has 2 aromatic heterocycles. The van der Waals surface area contributed by atoms with Crippen molar-refractivity contribution >= 4 is 10.8 Å². The highest BCUT2D eigenvalue weighted by molar-refractivity contribution is 7.84. The number of nitrogens with zero attached hydrogens (tertiary/aromatic N) is 3. The summed E-state index contributed by atoms with van der Waals surface area (Å²) in [5, 5.41) is 0. The molecule has 0 bridgehead atoms. The van der Waals surface area contributed by atoms with E-state index < -0.39 is 10.8 Å². The van der Waals surface area contributed by atoms with E-state index >= 15 is 0 Å². The molecule has 0 aromatic carbocycles. The van der Waals surface area contributed by atoms with E-state index in [0.717, 1.165) is 19.6 Å². The summed E-state index contributed by atoms with van der Waals surface area (Å²) >= 11 is 0. The van der Waals surface area contributed by atoms with Gasteiger partial charge in [-0.3, -0.25) is 4.21 Å². The average molecular weight is 654 g/mol. The van der Waals surface area contributed by atoms with Gasteiger partial charge >= 0.3 is 6.01 Å². The summed E-state index contributed by atoms with van der Waals surface area (Å²) in [7, 11) is -0.975. The van der Waals surface area contributed by atoms with E-state index in [-0.39, 0.29) is 18.5 Å². The zero-order valence-corrected chi connectivity index (χ0v) is 29.0. The Kier molecular flexibility index (Phi) is 27.6. The van der Waals surface area contributed by atoms with Crippen LogP contribution in [0.15, 0.2) is 49.1 Å². The lowest BCUT2D eigenvalue weighted by Gasteiger charge is -2.18. The van der Waals surface area contributed by atoms with E-state index in [1.54, 1.807) is 18.5 Å². The van der Waals surface area contributed by atoms with Crippen LogP contribution < -0.4 is 21.7 Å². The van der Waals surface area contributed by atoms with Crippen LogP contribution in [0.3, 0.4) is 0 Å². The number of hydrogen-bond acceptors (Lipinski definition) is 6. The Morgan fingerprint density at radius 2 is 1.25 bits per heavy atom. The van der Waals surface area contributed by atoms with E-state index in [2.05, 4.69) is 21.5 Å². The number of aromatic nitrogens is 3. The molecule has 2 unspecified atom stereocenters. The number of pyridine rings is 1. The number of halogens is 1. The highest BCUT2D eigenvalue weighted by atomic mass is 35.5. The first-order valence-electron chi connectivity index (χ1n) is 17.2. The van der Waals surface area contributed by atoms with Crippen LogP contribution in [0.4, 0.5) is 0 Å². The Hall–Kier alpha value is -1.61. The predicted molar refractivity (Wildman–Crippen MR) is 177 cm³/mol. The van der Waals surface area contributed by atoms with Gasteiger partial charge in [0.1, 0.15) is 12.7 Å². The first kappa shape index (κ1) is 40.4. The minimum absolute atomic E-state index is 0. The molecule has 9 heteroatoms. The van der Waals surface area contributed by atoms with Crippen molar-refractivity contribution in [3.8, 4) is 6.01 Å². The Morgan fingerprint density at radius 1 is 0.682 bits per heavy atom. The molecule has 2 heterocycles. The molecule has 0 aliphatic rings. The van der Waals surface area contributed by atoms with Gasteiger partial charge in [0.05, 0.1) is 13.2 Å². The molecule has 0 aliphatic heterocycles. The largest absolute Gasteiger partial charge is 1.00 e. The minimum Gasteiger partial charge on any atom is -1.00 e. The smallest absolute Gasteiger partial charge is 0.316 e. The van der Waals surface area contributed by atoms with Crippen molar-refractivity contribution in [3.63, 3.8) is 0 Å². The topological polar surface area (TPSA) is 74.4 Å². The summed E-state index contributed by atoms with van der Waals surface area (Å²) in [6.45, 7) is 5.35. The first-order valence-corrected chi connectivity index (χ1v) is 18.6. The number of hydrogen-bond donors (Lipinski definition) is 0. The summed E-state index contributed by atoms with van der Waals surface area (Å²) in [4.78, 5) is 8.37. The molecule has 0 amide bonds. The zero-order valence-electron chi connectivity index (χ0n) is 27.4. The lowest BCUT2D eigenvalue weighted by Crippen LogP contribution is -3.00. The quantitative estimate of drug-likeness (QED) is 0.0903. The van der Waals surface area contributed by atoms with Crippen LogP contribution in [-0.2, 0) is 26.8 Å². The van der Waals surface area contributed by atoms with Crippen LogP contribution >= 0.6 is 0 Å². The van der Waals surface area contributed by atoms with Crippen molar-refractivity contribution in [2.24, 2.45) is 0 Å². The Labute approximate surface area is 277 Å². The standard InChI is InChI=1S/C35H60N3O4S.ClH/c1-2-3-4-5-6-7-8-9-10-11-12-13-14-15-16-20-28-41-33-34(42-35-36-23-21-24-37-35)22-31-43(39)32-30-40-29-27-38-25-18-17-19-26-38;/h17-19,21,23-26,34H,2-16,20,22,27-33H2,1H3;1H/q+1;/p-1.